The Morgan fingerprint density at radius 3 is 2.69 bits per heavy atom. The molecular formula is C12H15NO3. The predicted octanol–water partition coefficient (Wildman–Crippen LogP) is 1.43. The second-order valence-corrected chi connectivity index (χ2v) is 3.30. The maximum atomic E-state index is 11.3. The quantitative estimate of drug-likeness (QED) is 0.584. The van der Waals surface area contributed by atoms with E-state index < -0.39 is 5.97 Å². The van der Waals surface area contributed by atoms with Gasteiger partial charge in [0.2, 0.25) is 6.41 Å². The van der Waals surface area contributed by atoms with Gasteiger partial charge < -0.3 is 10.1 Å². The minimum Gasteiger partial charge on any atom is -0.456 e. The van der Waals surface area contributed by atoms with Gasteiger partial charge in [0, 0.05) is 0 Å². The fourth-order valence-corrected chi connectivity index (χ4v) is 1.38. The first kappa shape index (κ1) is 12.2. The van der Waals surface area contributed by atoms with E-state index in [9.17, 15) is 9.59 Å². The van der Waals surface area contributed by atoms with Crippen LogP contribution in [0.1, 0.15) is 25.0 Å². The molecule has 0 heterocycles. The lowest BCUT2D eigenvalue weighted by molar-refractivity contribution is -0.149. The average Bonchev–Trinajstić information content (AvgIpc) is 2.34. The number of esters is 1. The van der Waals surface area contributed by atoms with Gasteiger partial charge in [-0.1, -0.05) is 37.3 Å². The molecule has 0 bridgehead atoms. The van der Waals surface area contributed by atoms with Crippen molar-refractivity contribution >= 4 is 12.4 Å². The van der Waals surface area contributed by atoms with Crippen molar-refractivity contribution in [1.29, 1.82) is 0 Å². The number of carbonyl (C=O) groups excluding carboxylic acids is 2. The molecule has 1 aromatic carbocycles. The van der Waals surface area contributed by atoms with E-state index in [1.807, 2.05) is 37.3 Å². The van der Waals surface area contributed by atoms with Gasteiger partial charge >= 0.3 is 5.97 Å². The number of carbonyl (C=O) groups is 2. The third-order valence-electron chi connectivity index (χ3n) is 2.15. The molecule has 1 unspecified atom stereocenters. The first-order valence-corrected chi connectivity index (χ1v) is 5.19. The summed E-state index contributed by atoms with van der Waals surface area (Å²) in [5.74, 6) is -0.428. The van der Waals surface area contributed by atoms with Crippen molar-refractivity contribution < 1.29 is 14.3 Å². The molecule has 1 amide bonds. The molecule has 0 aliphatic carbocycles. The van der Waals surface area contributed by atoms with E-state index in [0.717, 1.165) is 5.56 Å². The van der Waals surface area contributed by atoms with Crippen LogP contribution in [-0.2, 0) is 14.3 Å². The molecule has 1 aromatic rings. The topological polar surface area (TPSA) is 55.4 Å². The predicted molar refractivity (Wildman–Crippen MR) is 59.6 cm³/mol. The van der Waals surface area contributed by atoms with Crippen LogP contribution in [0.2, 0.25) is 0 Å². The lowest BCUT2D eigenvalue weighted by Gasteiger charge is -2.16. The van der Waals surface area contributed by atoms with Crippen LogP contribution in [0.3, 0.4) is 0 Å². The molecule has 0 saturated carbocycles. The molecule has 0 spiro atoms. The monoisotopic (exact) mass is 221 g/mol. The normalized spacial score (nSPS) is 11.6. The number of hydrogen-bond acceptors (Lipinski definition) is 3. The maximum Gasteiger partial charge on any atom is 0.326 e. The Hall–Kier alpha value is -1.84. The number of nitrogens with one attached hydrogen (secondary N) is 1. The molecule has 0 aliphatic heterocycles. The molecule has 0 aromatic heterocycles. The van der Waals surface area contributed by atoms with Gasteiger partial charge in [-0.25, -0.2) is 0 Å². The highest BCUT2D eigenvalue weighted by molar-refractivity contribution is 5.74. The SMILES string of the molecule is CCC(OC(=O)CNC=O)c1ccccc1. The Morgan fingerprint density at radius 2 is 2.12 bits per heavy atom. The number of rotatable bonds is 6. The van der Waals surface area contributed by atoms with E-state index in [0.29, 0.717) is 12.8 Å². The van der Waals surface area contributed by atoms with Gasteiger partial charge in [-0.3, -0.25) is 9.59 Å². The molecule has 0 radical (unpaired) electrons. The van der Waals surface area contributed by atoms with E-state index in [4.69, 9.17) is 4.74 Å². The summed E-state index contributed by atoms with van der Waals surface area (Å²) in [5.41, 5.74) is 0.962. The summed E-state index contributed by atoms with van der Waals surface area (Å²) in [6, 6.07) is 9.53. The van der Waals surface area contributed by atoms with Gasteiger partial charge in [0.15, 0.2) is 0 Å². The van der Waals surface area contributed by atoms with E-state index in [1.165, 1.54) is 0 Å². The van der Waals surface area contributed by atoms with Crippen LogP contribution in [0.5, 0.6) is 0 Å². The van der Waals surface area contributed by atoms with E-state index in [1.54, 1.807) is 0 Å². The minimum atomic E-state index is -0.428. The van der Waals surface area contributed by atoms with Gasteiger partial charge in [0.1, 0.15) is 12.6 Å². The van der Waals surface area contributed by atoms with Crippen LogP contribution in [0.15, 0.2) is 30.3 Å². The highest BCUT2D eigenvalue weighted by Crippen LogP contribution is 2.20. The molecule has 86 valence electrons. The summed E-state index contributed by atoms with van der Waals surface area (Å²) in [4.78, 5) is 21.3. The molecular weight excluding hydrogens is 206 g/mol. The number of amides is 1. The number of ether oxygens (including phenoxy) is 1. The average molecular weight is 221 g/mol. The number of hydrogen-bond donors (Lipinski definition) is 1. The maximum absolute atomic E-state index is 11.3. The van der Waals surface area contributed by atoms with Crippen LogP contribution < -0.4 is 5.32 Å². The zero-order chi connectivity index (χ0) is 11.8. The smallest absolute Gasteiger partial charge is 0.326 e. The molecule has 4 nitrogen and oxygen atoms in total. The summed E-state index contributed by atoms with van der Waals surface area (Å²) in [6.07, 6.45) is 0.934. The van der Waals surface area contributed by atoms with Crippen LogP contribution in [0.4, 0.5) is 0 Å². The highest BCUT2D eigenvalue weighted by atomic mass is 16.5. The zero-order valence-corrected chi connectivity index (χ0v) is 9.18. The molecule has 1 atom stereocenters. The van der Waals surface area contributed by atoms with Crippen LogP contribution >= 0.6 is 0 Å². The van der Waals surface area contributed by atoms with Crippen LogP contribution in [0.25, 0.3) is 0 Å². The Labute approximate surface area is 94.6 Å². The molecule has 0 aliphatic rings. The lowest BCUT2D eigenvalue weighted by Crippen LogP contribution is -2.24. The largest absolute Gasteiger partial charge is 0.456 e. The molecule has 1 rings (SSSR count). The van der Waals surface area contributed by atoms with Crippen molar-refractivity contribution in [3.8, 4) is 0 Å². The standard InChI is InChI=1S/C12H15NO3/c1-2-11(10-6-4-3-5-7-10)16-12(15)8-13-9-14/h3-7,9,11H,2,8H2,1H3,(H,13,14). The van der Waals surface area contributed by atoms with Crippen LogP contribution in [-0.4, -0.2) is 18.9 Å². The summed E-state index contributed by atoms with van der Waals surface area (Å²) in [5, 5.41) is 2.27. The summed E-state index contributed by atoms with van der Waals surface area (Å²) < 4.78 is 5.23. The van der Waals surface area contributed by atoms with Gasteiger partial charge in [0.25, 0.3) is 0 Å². The Morgan fingerprint density at radius 1 is 1.44 bits per heavy atom. The fraction of sp³-hybridized carbons (Fsp3) is 0.333. The zero-order valence-electron chi connectivity index (χ0n) is 9.18. The first-order chi connectivity index (χ1) is 7.77. The second-order valence-electron chi connectivity index (χ2n) is 3.30. The van der Waals surface area contributed by atoms with Crippen molar-refractivity contribution in [1.82, 2.24) is 5.32 Å². The van der Waals surface area contributed by atoms with Crippen molar-refractivity contribution in [2.75, 3.05) is 6.54 Å². The molecule has 0 fully saturated rings. The Bertz CT molecular complexity index is 337. The lowest BCUT2D eigenvalue weighted by atomic mass is 10.1. The summed E-state index contributed by atoms with van der Waals surface area (Å²) in [6.45, 7) is 1.85. The van der Waals surface area contributed by atoms with Crippen molar-refractivity contribution in [2.45, 2.75) is 19.4 Å². The molecule has 1 N–H and O–H groups in total. The first-order valence-electron chi connectivity index (χ1n) is 5.19. The summed E-state index contributed by atoms with van der Waals surface area (Å²) in [7, 11) is 0. The third-order valence-corrected chi connectivity index (χ3v) is 2.15. The number of benzene rings is 1. The van der Waals surface area contributed by atoms with Crippen molar-refractivity contribution in [3.05, 3.63) is 35.9 Å². The van der Waals surface area contributed by atoms with Gasteiger partial charge in [-0.15, -0.1) is 0 Å². The van der Waals surface area contributed by atoms with Crippen LogP contribution in [0, 0.1) is 0 Å². The van der Waals surface area contributed by atoms with E-state index >= 15 is 0 Å². The highest BCUT2D eigenvalue weighted by Gasteiger charge is 2.13. The summed E-state index contributed by atoms with van der Waals surface area (Å²) >= 11 is 0. The van der Waals surface area contributed by atoms with E-state index in [2.05, 4.69) is 5.32 Å². The molecule has 0 saturated heterocycles. The second kappa shape index (κ2) is 6.61. The van der Waals surface area contributed by atoms with Gasteiger partial charge in [-0.05, 0) is 12.0 Å². The van der Waals surface area contributed by atoms with Crippen molar-refractivity contribution in [2.24, 2.45) is 0 Å². The Kier molecular flexibility index (Phi) is 5.05. The Balaban J connectivity index is 2.55. The molecule has 16 heavy (non-hydrogen) atoms. The van der Waals surface area contributed by atoms with E-state index in [-0.39, 0.29) is 12.6 Å². The third kappa shape index (κ3) is 3.73. The fourth-order valence-electron chi connectivity index (χ4n) is 1.38. The minimum absolute atomic E-state index is 0.0904. The van der Waals surface area contributed by atoms with Gasteiger partial charge in [0.05, 0.1) is 0 Å². The van der Waals surface area contributed by atoms with Gasteiger partial charge in [-0.2, -0.15) is 0 Å². The molecule has 4 heteroatoms. The van der Waals surface area contributed by atoms with Crippen molar-refractivity contribution in [3.63, 3.8) is 0 Å².